The Labute approximate surface area is 121 Å². The zero-order valence-electron chi connectivity index (χ0n) is 12.7. The normalized spacial score (nSPS) is 19.1. The molecule has 1 aromatic rings. The molecule has 0 aromatic heterocycles. The molecule has 1 saturated heterocycles. The molecule has 0 spiro atoms. The zero-order chi connectivity index (χ0) is 14.5. The highest BCUT2D eigenvalue weighted by Crippen LogP contribution is 2.17. The van der Waals surface area contributed by atoms with E-state index in [-0.39, 0.29) is 6.03 Å². The van der Waals surface area contributed by atoms with Crippen LogP contribution in [-0.4, -0.2) is 36.6 Å². The van der Waals surface area contributed by atoms with Gasteiger partial charge in [-0.25, -0.2) is 4.79 Å². The SMILES string of the molecule is CCN1CCCC1CNC(=O)Nc1cc(C)ccc1C. The molecule has 1 fully saturated rings. The Hall–Kier alpha value is -1.55. The molecule has 0 aliphatic carbocycles. The maximum absolute atomic E-state index is 12.0. The highest BCUT2D eigenvalue weighted by atomic mass is 16.2. The Balaban J connectivity index is 1.85. The first-order valence-electron chi connectivity index (χ1n) is 7.46. The number of amides is 2. The number of carbonyl (C=O) groups is 1. The third-order valence-corrected chi connectivity index (χ3v) is 4.04. The number of likely N-dealkylation sites (N-methyl/N-ethyl adjacent to an activating group) is 1. The van der Waals surface area contributed by atoms with Gasteiger partial charge in [-0.2, -0.15) is 0 Å². The number of hydrogen-bond donors (Lipinski definition) is 2. The molecule has 2 N–H and O–H groups in total. The van der Waals surface area contributed by atoms with E-state index in [4.69, 9.17) is 0 Å². The van der Waals surface area contributed by atoms with Gasteiger partial charge >= 0.3 is 6.03 Å². The number of anilines is 1. The standard InChI is InChI=1S/C16H25N3O/c1-4-19-9-5-6-14(19)11-17-16(20)18-15-10-12(2)7-8-13(15)3/h7-8,10,14H,4-6,9,11H2,1-3H3,(H2,17,18,20). The molecule has 0 saturated carbocycles. The minimum atomic E-state index is -0.110. The van der Waals surface area contributed by atoms with Gasteiger partial charge in [0.05, 0.1) is 0 Å². The van der Waals surface area contributed by atoms with Crippen LogP contribution in [0.1, 0.15) is 30.9 Å². The molecule has 110 valence electrons. The highest BCUT2D eigenvalue weighted by Gasteiger charge is 2.23. The second-order valence-electron chi connectivity index (χ2n) is 5.58. The number of likely N-dealkylation sites (tertiary alicyclic amines) is 1. The van der Waals surface area contributed by atoms with Crippen LogP contribution in [0.5, 0.6) is 0 Å². The summed E-state index contributed by atoms with van der Waals surface area (Å²) in [6.07, 6.45) is 2.41. The molecule has 1 aromatic carbocycles. The lowest BCUT2D eigenvalue weighted by molar-refractivity contribution is 0.238. The third-order valence-electron chi connectivity index (χ3n) is 4.04. The third kappa shape index (κ3) is 3.73. The van der Waals surface area contributed by atoms with Crippen LogP contribution in [-0.2, 0) is 0 Å². The van der Waals surface area contributed by atoms with Crippen LogP contribution in [0.25, 0.3) is 0 Å². The summed E-state index contributed by atoms with van der Waals surface area (Å²) >= 11 is 0. The summed E-state index contributed by atoms with van der Waals surface area (Å²) in [4.78, 5) is 14.4. The van der Waals surface area contributed by atoms with Gasteiger partial charge in [0.1, 0.15) is 0 Å². The summed E-state index contributed by atoms with van der Waals surface area (Å²) in [5.41, 5.74) is 3.13. The molecular formula is C16H25N3O. The first-order valence-corrected chi connectivity index (χ1v) is 7.46. The quantitative estimate of drug-likeness (QED) is 0.887. The van der Waals surface area contributed by atoms with Gasteiger partial charge in [0.15, 0.2) is 0 Å². The molecule has 1 heterocycles. The summed E-state index contributed by atoms with van der Waals surface area (Å²) in [5, 5.41) is 5.93. The van der Waals surface area contributed by atoms with Crippen LogP contribution >= 0.6 is 0 Å². The van der Waals surface area contributed by atoms with Crippen LogP contribution in [0.2, 0.25) is 0 Å². The van der Waals surface area contributed by atoms with Gasteiger partial charge in [0.25, 0.3) is 0 Å². The van der Waals surface area contributed by atoms with E-state index in [0.717, 1.165) is 36.4 Å². The topological polar surface area (TPSA) is 44.4 Å². The minimum Gasteiger partial charge on any atom is -0.336 e. The van der Waals surface area contributed by atoms with E-state index in [0.29, 0.717) is 6.04 Å². The maximum Gasteiger partial charge on any atom is 0.319 e. The largest absolute Gasteiger partial charge is 0.336 e. The van der Waals surface area contributed by atoms with E-state index < -0.39 is 0 Å². The number of benzene rings is 1. The van der Waals surface area contributed by atoms with Gasteiger partial charge in [-0.05, 0) is 57.0 Å². The van der Waals surface area contributed by atoms with E-state index in [1.807, 2.05) is 26.0 Å². The average molecular weight is 275 g/mol. The zero-order valence-corrected chi connectivity index (χ0v) is 12.7. The molecule has 1 atom stereocenters. The van der Waals surface area contributed by atoms with Crippen molar-refractivity contribution in [3.05, 3.63) is 29.3 Å². The fourth-order valence-electron chi connectivity index (χ4n) is 2.79. The van der Waals surface area contributed by atoms with Crippen molar-refractivity contribution in [3.8, 4) is 0 Å². The van der Waals surface area contributed by atoms with Crippen molar-refractivity contribution in [1.29, 1.82) is 0 Å². The van der Waals surface area contributed by atoms with Gasteiger partial charge in [0, 0.05) is 18.3 Å². The highest BCUT2D eigenvalue weighted by molar-refractivity contribution is 5.90. The number of nitrogens with one attached hydrogen (secondary N) is 2. The van der Waals surface area contributed by atoms with Gasteiger partial charge in [-0.3, -0.25) is 4.90 Å². The van der Waals surface area contributed by atoms with E-state index in [9.17, 15) is 4.79 Å². The lowest BCUT2D eigenvalue weighted by Crippen LogP contribution is -2.41. The fraction of sp³-hybridized carbons (Fsp3) is 0.562. The molecule has 20 heavy (non-hydrogen) atoms. The van der Waals surface area contributed by atoms with Gasteiger partial charge in [-0.15, -0.1) is 0 Å². The molecular weight excluding hydrogens is 250 g/mol. The van der Waals surface area contributed by atoms with E-state index in [1.165, 1.54) is 12.8 Å². The smallest absolute Gasteiger partial charge is 0.319 e. The molecule has 1 aliphatic rings. The lowest BCUT2D eigenvalue weighted by Gasteiger charge is -2.23. The van der Waals surface area contributed by atoms with Crippen molar-refractivity contribution < 1.29 is 4.79 Å². The Kier molecular flexibility index (Phi) is 5.01. The van der Waals surface area contributed by atoms with Crippen LogP contribution in [0, 0.1) is 13.8 Å². The summed E-state index contributed by atoms with van der Waals surface area (Å²) in [7, 11) is 0. The molecule has 4 nitrogen and oxygen atoms in total. The molecule has 4 heteroatoms. The number of aryl methyl sites for hydroxylation is 2. The van der Waals surface area contributed by atoms with Crippen molar-refractivity contribution in [3.63, 3.8) is 0 Å². The second kappa shape index (κ2) is 6.75. The van der Waals surface area contributed by atoms with Crippen LogP contribution in [0.15, 0.2) is 18.2 Å². The van der Waals surface area contributed by atoms with Gasteiger partial charge < -0.3 is 10.6 Å². The number of nitrogens with zero attached hydrogens (tertiary/aromatic N) is 1. The molecule has 0 radical (unpaired) electrons. The fourth-order valence-corrected chi connectivity index (χ4v) is 2.79. The van der Waals surface area contributed by atoms with Crippen LogP contribution in [0.4, 0.5) is 10.5 Å². The molecule has 1 aliphatic heterocycles. The molecule has 2 rings (SSSR count). The Morgan fingerprint density at radius 3 is 2.95 bits per heavy atom. The molecule has 0 bridgehead atoms. The number of rotatable bonds is 4. The van der Waals surface area contributed by atoms with E-state index in [1.54, 1.807) is 0 Å². The monoisotopic (exact) mass is 275 g/mol. The second-order valence-corrected chi connectivity index (χ2v) is 5.58. The maximum atomic E-state index is 12.0. The molecule has 2 amide bonds. The first-order chi connectivity index (χ1) is 9.60. The van der Waals surface area contributed by atoms with Crippen molar-refractivity contribution in [2.24, 2.45) is 0 Å². The Morgan fingerprint density at radius 1 is 1.40 bits per heavy atom. The van der Waals surface area contributed by atoms with Crippen molar-refractivity contribution in [2.45, 2.75) is 39.7 Å². The summed E-state index contributed by atoms with van der Waals surface area (Å²) in [5.74, 6) is 0. The minimum absolute atomic E-state index is 0.110. The summed E-state index contributed by atoms with van der Waals surface area (Å²) in [6, 6.07) is 6.46. The number of urea groups is 1. The number of carbonyl (C=O) groups excluding carboxylic acids is 1. The van der Waals surface area contributed by atoms with Gasteiger partial charge in [-0.1, -0.05) is 19.1 Å². The Bertz CT molecular complexity index is 473. The lowest BCUT2D eigenvalue weighted by atomic mass is 10.1. The molecule has 1 unspecified atom stereocenters. The van der Waals surface area contributed by atoms with Crippen molar-refractivity contribution in [1.82, 2.24) is 10.2 Å². The van der Waals surface area contributed by atoms with Crippen LogP contribution < -0.4 is 10.6 Å². The van der Waals surface area contributed by atoms with Gasteiger partial charge in [0.2, 0.25) is 0 Å². The van der Waals surface area contributed by atoms with Crippen molar-refractivity contribution in [2.75, 3.05) is 25.0 Å². The first kappa shape index (κ1) is 14.9. The summed E-state index contributed by atoms with van der Waals surface area (Å²) < 4.78 is 0. The average Bonchev–Trinajstić information content (AvgIpc) is 2.88. The predicted octanol–water partition coefficient (Wildman–Crippen LogP) is 2.91. The predicted molar refractivity (Wildman–Crippen MR) is 83.2 cm³/mol. The summed E-state index contributed by atoms with van der Waals surface area (Å²) in [6.45, 7) is 9.15. The van der Waals surface area contributed by atoms with E-state index >= 15 is 0 Å². The Morgan fingerprint density at radius 2 is 2.20 bits per heavy atom. The van der Waals surface area contributed by atoms with E-state index in [2.05, 4.69) is 28.5 Å². The number of hydrogen-bond acceptors (Lipinski definition) is 2. The van der Waals surface area contributed by atoms with Crippen LogP contribution in [0.3, 0.4) is 0 Å². The van der Waals surface area contributed by atoms with Crippen molar-refractivity contribution >= 4 is 11.7 Å².